The van der Waals surface area contributed by atoms with Crippen LogP contribution >= 0.6 is 0 Å². The zero-order valence-corrected chi connectivity index (χ0v) is 22.1. The number of aliphatic hydroxyl groups excluding tert-OH is 1. The largest absolute Gasteiger partial charge is 0.438 e. The van der Waals surface area contributed by atoms with Crippen LogP contribution in [-0.2, 0) is 14.6 Å². The van der Waals surface area contributed by atoms with Crippen LogP contribution in [0.4, 0.5) is 0 Å². The van der Waals surface area contributed by atoms with Crippen molar-refractivity contribution in [2.75, 3.05) is 6.54 Å². The normalized spacial score (nSPS) is 19.1. The molecule has 39 heavy (non-hydrogen) atoms. The van der Waals surface area contributed by atoms with Crippen molar-refractivity contribution in [2.24, 2.45) is 0 Å². The van der Waals surface area contributed by atoms with Crippen LogP contribution < -0.4 is 5.32 Å². The average molecular weight is 548 g/mol. The summed E-state index contributed by atoms with van der Waals surface area (Å²) in [7, 11) is -3.81. The molecule has 4 atom stereocenters. The first-order valence-corrected chi connectivity index (χ1v) is 14.3. The maximum absolute atomic E-state index is 13.6. The Bertz CT molecular complexity index is 1540. The molecule has 0 radical (unpaired) electrons. The van der Waals surface area contributed by atoms with E-state index in [4.69, 9.17) is 4.42 Å². The van der Waals surface area contributed by atoms with Crippen molar-refractivity contribution in [3.05, 3.63) is 96.4 Å². The molecule has 0 aliphatic carbocycles. The smallest absolute Gasteiger partial charge is 0.254 e. The molecule has 2 N–H and O–H groups in total. The Balaban J connectivity index is 1.41. The van der Waals surface area contributed by atoms with E-state index in [-0.39, 0.29) is 23.8 Å². The minimum atomic E-state index is -3.81. The van der Waals surface area contributed by atoms with Gasteiger partial charge in [0, 0.05) is 12.1 Å². The lowest BCUT2D eigenvalue weighted by Gasteiger charge is -2.27. The minimum Gasteiger partial charge on any atom is -0.438 e. The first-order chi connectivity index (χ1) is 18.8. The van der Waals surface area contributed by atoms with Gasteiger partial charge in [-0.1, -0.05) is 55.5 Å². The standard InChI is InChI=1S/C29H29N3O6S/c1-2-22(26(33)28-31-23-15-9-10-16-25(23)38-28)30-27(34)24-17-21(39(36,37)20-13-7-4-8-14-20)18-32(24)29(35)19-11-5-3-6-12-19/h3-16,21-22,24,26,33H,2,17-18H2,1H3,(H,30,34)/t21-,22?,24+,26?/m1/s1. The number of aliphatic hydroxyl groups is 1. The van der Waals surface area contributed by atoms with Gasteiger partial charge in [0.25, 0.3) is 5.91 Å². The van der Waals surface area contributed by atoms with Gasteiger partial charge in [-0.25, -0.2) is 13.4 Å². The van der Waals surface area contributed by atoms with Crippen molar-refractivity contribution < 1.29 is 27.5 Å². The Labute approximate surface area is 226 Å². The number of carbonyl (C=O) groups is 2. The minimum absolute atomic E-state index is 0.0662. The molecule has 0 saturated carbocycles. The average Bonchev–Trinajstić information content (AvgIpc) is 3.62. The fourth-order valence-electron chi connectivity index (χ4n) is 4.92. The van der Waals surface area contributed by atoms with Gasteiger partial charge >= 0.3 is 0 Å². The number of hydrogen-bond acceptors (Lipinski definition) is 7. The summed E-state index contributed by atoms with van der Waals surface area (Å²) in [5.41, 5.74) is 1.45. The molecule has 1 aromatic heterocycles. The molecule has 1 saturated heterocycles. The molecule has 5 rings (SSSR count). The Kier molecular flexibility index (Phi) is 7.49. The highest BCUT2D eigenvalue weighted by Gasteiger charge is 2.46. The number of carbonyl (C=O) groups excluding carboxylic acids is 2. The van der Waals surface area contributed by atoms with E-state index in [0.29, 0.717) is 23.1 Å². The summed E-state index contributed by atoms with van der Waals surface area (Å²) >= 11 is 0. The van der Waals surface area contributed by atoms with E-state index in [9.17, 15) is 23.1 Å². The fraction of sp³-hybridized carbons (Fsp3) is 0.276. The zero-order chi connectivity index (χ0) is 27.6. The molecule has 0 bridgehead atoms. The van der Waals surface area contributed by atoms with E-state index in [1.165, 1.54) is 17.0 Å². The van der Waals surface area contributed by atoms with Crippen LogP contribution in [-0.4, -0.2) is 59.1 Å². The van der Waals surface area contributed by atoms with Crippen molar-refractivity contribution in [3.8, 4) is 0 Å². The van der Waals surface area contributed by atoms with Gasteiger partial charge in [0.05, 0.1) is 16.2 Å². The highest BCUT2D eigenvalue weighted by Crippen LogP contribution is 2.30. The Morgan fingerprint density at radius 1 is 1.03 bits per heavy atom. The number of benzene rings is 3. The second kappa shape index (κ2) is 11.0. The highest BCUT2D eigenvalue weighted by atomic mass is 32.2. The van der Waals surface area contributed by atoms with Crippen molar-refractivity contribution in [2.45, 2.75) is 48.1 Å². The molecule has 9 nitrogen and oxygen atoms in total. The summed E-state index contributed by atoms with van der Waals surface area (Å²) in [6.07, 6.45) is -0.969. The van der Waals surface area contributed by atoms with Gasteiger partial charge in [0.15, 0.2) is 21.5 Å². The third-order valence-corrected chi connectivity index (χ3v) is 9.22. The van der Waals surface area contributed by atoms with Crippen molar-refractivity contribution in [3.63, 3.8) is 0 Å². The van der Waals surface area contributed by atoms with Crippen LogP contribution in [0, 0.1) is 0 Å². The van der Waals surface area contributed by atoms with Gasteiger partial charge in [-0.2, -0.15) is 0 Å². The molecule has 4 aromatic rings. The third-order valence-electron chi connectivity index (χ3n) is 7.07. The van der Waals surface area contributed by atoms with E-state index in [2.05, 4.69) is 10.3 Å². The van der Waals surface area contributed by atoms with Gasteiger partial charge in [0.2, 0.25) is 11.8 Å². The lowest BCUT2D eigenvalue weighted by atomic mass is 10.1. The molecule has 1 aliphatic rings. The lowest BCUT2D eigenvalue weighted by molar-refractivity contribution is -0.126. The molecular weight excluding hydrogens is 518 g/mol. The number of likely N-dealkylation sites (tertiary alicyclic amines) is 1. The van der Waals surface area contributed by atoms with E-state index >= 15 is 0 Å². The number of hydrogen-bond donors (Lipinski definition) is 2. The first-order valence-electron chi connectivity index (χ1n) is 12.8. The molecule has 10 heteroatoms. The molecule has 2 amide bonds. The number of fused-ring (bicyclic) bond motifs is 1. The summed E-state index contributed by atoms with van der Waals surface area (Å²) in [5, 5.41) is 12.9. The summed E-state index contributed by atoms with van der Waals surface area (Å²) in [4.78, 5) is 32.9. The lowest BCUT2D eigenvalue weighted by Crippen LogP contribution is -2.50. The van der Waals surface area contributed by atoms with E-state index in [1.807, 2.05) is 0 Å². The maximum atomic E-state index is 13.6. The van der Waals surface area contributed by atoms with Crippen LogP contribution in [0.25, 0.3) is 11.1 Å². The Hall–Kier alpha value is -4.02. The summed E-state index contributed by atoms with van der Waals surface area (Å²) < 4.78 is 32.6. The number of amides is 2. The fourth-order valence-corrected chi connectivity index (χ4v) is 6.63. The van der Waals surface area contributed by atoms with Crippen molar-refractivity contribution in [1.29, 1.82) is 0 Å². The maximum Gasteiger partial charge on any atom is 0.254 e. The predicted molar refractivity (Wildman–Crippen MR) is 144 cm³/mol. The van der Waals surface area contributed by atoms with Crippen molar-refractivity contribution in [1.82, 2.24) is 15.2 Å². The third kappa shape index (κ3) is 5.30. The second-order valence-electron chi connectivity index (χ2n) is 9.54. The molecule has 1 aliphatic heterocycles. The number of nitrogens with one attached hydrogen (secondary N) is 1. The van der Waals surface area contributed by atoms with Gasteiger partial charge in [-0.15, -0.1) is 0 Å². The van der Waals surface area contributed by atoms with Crippen LogP contribution in [0.5, 0.6) is 0 Å². The number of sulfone groups is 1. The van der Waals surface area contributed by atoms with Gasteiger partial charge < -0.3 is 19.7 Å². The highest BCUT2D eigenvalue weighted by molar-refractivity contribution is 7.92. The number of rotatable bonds is 8. The summed E-state index contributed by atoms with van der Waals surface area (Å²) in [6.45, 7) is 1.66. The molecule has 202 valence electrons. The number of aromatic nitrogens is 1. The SMILES string of the molecule is CCC(NC(=O)[C@@H]1C[C@@H](S(=O)(=O)c2ccccc2)CN1C(=O)c1ccccc1)C(O)c1nc2ccccc2o1. The molecule has 0 spiro atoms. The quantitative estimate of drug-likeness (QED) is 0.345. The molecule has 2 heterocycles. The van der Waals surface area contributed by atoms with Crippen LogP contribution in [0.2, 0.25) is 0 Å². The monoisotopic (exact) mass is 547 g/mol. The topological polar surface area (TPSA) is 130 Å². The number of nitrogens with zero attached hydrogens (tertiary/aromatic N) is 2. The summed E-state index contributed by atoms with van der Waals surface area (Å²) in [6, 6.07) is 21.7. The van der Waals surface area contributed by atoms with E-state index in [1.54, 1.807) is 79.7 Å². The second-order valence-corrected chi connectivity index (χ2v) is 11.8. The molecule has 3 aromatic carbocycles. The number of para-hydroxylation sites is 2. The zero-order valence-electron chi connectivity index (χ0n) is 21.3. The van der Waals surface area contributed by atoms with Crippen LogP contribution in [0.3, 0.4) is 0 Å². The van der Waals surface area contributed by atoms with Crippen LogP contribution in [0.15, 0.2) is 94.2 Å². The first kappa shape index (κ1) is 26.6. The van der Waals surface area contributed by atoms with Gasteiger partial charge in [-0.05, 0) is 49.2 Å². The number of oxazole rings is 1. The molecular formula is C29H29N3O6S. The van der Waals surface area contributed by atoms with Gasteiger partial charge in [0.1, 0.15) is 11.6 Å². The summed E-state index contributed by atoms with van der Waals surface area (Å²) in [5.74, 6) is -0.919. The van der Waals surface area contributed by atoms with Crippen molar-refractivity contribution >= 4 is 32.8 Å². The van der Waals surface area contributed by atoms with E-state index in [0.717, 1.165) is 0 Å². The van der Waals surface area contributed by atoms with Gasteiger partial charge in [-0.3, -0.25) is 9.59 Å². The molecule has 2 unspecified atom stereocenters. The Morgan fingerprint density at radius 2 is 1.67 bits per heavy atom. The van der Waals surface area contributed by atoms with E-state index < -0.39 is 45.1 Å². The molecule has 1 fully saturated rings. The van der Waals surface area contributed by atoms with Crippen LogP contribution in [0.1, 0.15) is 42.1 Å². The predicted octanol–water partition coefficient (Wildman–Crippen LogP) is 3.51. The Morgan fingerprint density at radius 3 is 2.33 bits per heavy atom.